The molecule has 0 aliphatic heterocycles. The quantitative estimate of drug-likeness (QED) is 0.841. The molecule has 1 heterocycles. The number of carboxylic acids is 1. The van der Waals surface area contributed by atoms with Gasteiger partial charge in [-0.25, -0.2) is 4.79 Å². The van der Waals surface area contributed by atoms with Gasteiger partial charge in [0.25, 0.3) is 0 Å². The first-order valence-electron chi connectivity index (χ1n) is 7.08. The van der Waals surface area contributed by atoms with Crippen molar-refractivity contribution >= 4 is 23.2 Å². The number of rotatable bonds is 7. The number of carbonyl (C=O) groups excluding carboxylic acids is 1. The predicted octanol–water partition coefficient (Wildman–Crippen LogP) is 2.84. The van der Waals surface area contributed by atoms with Crippen molar-refractivity contribution in [3.05, 3.63) is 21.9 Å². The Hall–Kier alpha value is -1.36. The number of thiophene rings is 1. The first-order valence-corrected chi connectivity index (χ1v) is 7.90. The summed E-state index contributed by atoms with van der Waals surface area (Å²) in [4.78, 5) is 27.5. The van der Waals surface area contributed by atoms with Gasteiger partial charge in [-0.05, 0) is 51.7 Å². The van der Waals surface area contributed by atoms with E-state index in [1.54, 1.807) is 23.2 Å². The van der Waals surface area contributed by atoms with E-state index in [-0.39, 0.29) is 11.9 Å². The van der Waals surface area contributed by atoms with Crippen molar-refractivity contribution in [2.24, 2.45) is 0 Å². The third-order valence-corrected chi connectivity index (χ3v) is 4.67. The lowest BCUT2D eigenvalue weighted by Gasteiger charge is -2.26. The SMILES string of the molecule is Cc1ccc(CCCC(=O)N(C2CC2)C(C)C(=O)O)s1. The Bertz CT molecular complexity index is 493. The molecule has 110 valence electrons. The molecule has 1 fully saturated rings. The predicted molar refractivity (Wildman–Crippen MR) is 79.0 cm³/mol. The average Bonchev–Trinajstić information content (AvgIpc) is 3.12. The van der Waals surface area contributed by atoms with Crippen molar-refractivity contribution in [1.82, 2.24) is 4.90 Å². The summed E-state index contributed by atoms with van der Waals surface area (Å²) >= 11 is 1.76. The Balaban J connectivity index is 1.84. The molecule has 5 heteroatoms. The van der Waals surface area contributed by atoms with Crippen LogP contribution in [0.15, 0.2) is 12.1 Å². The summed E-state index contributed by atoms with van der Waals surface area (Å²) in [5, 5.41) is 9.09. The normalized spacial score (nSPS) is 15.9. The molecule has 1 unspecified atom stereocenters. The van der Waals surface area contributed by atoms with Gasteiger partial charge in [-0.1, -0.05) is 0 Å². The summed E-state index contributed by atoms with van der Waals surface area (Å²) in [6, 6.07) is 3.63. The van der Waals surface area contributed by atoms with Crippen LogP contribution in [0.25, 0.3) is 0 Å². The second kappa shape index (κ2) is 6.39. The molecule has 1 atom stereocenters. The van der Waals surface area contributed by atoms with E-state index in [1.807, 2.05) is 0 Å². The summed E-state index contributed by atoms with van der Waals surface area (Å²) < 4.78 is 0. The van der Waals surface area contributed by atoms with Crippen molar-refractivity contribution in [2.45, 2.75) is 58.0 Å². The van der Waals surface area contributed by atoms with Gasteiger partial charge in [-0.3, -0.25) is 4.79 Å². The summed E-state index contributed by atoms with van der Waals surface area (Å²) in [5.41, 5.74) is 0. The number of amides is 1. The zero-order chi connectivity index (χ0) is 14.7. The smallest absolute Gasteiger partial charge is 0.326 e. The van der Waals surface area contributed by atoms with Crippen LogP contribution in [0.3, 0.4) is 0 Å². The average molecular weight is 295 g/mol. The van der Waals surface area contributed by atoms with Crippen molar-refractivity contribution < 1.29 is 14.7 Å². The van der Waals surface area contributed by atoms with E-state index >= 15 is 0 Å². The van der Waals surface area contributed by atoms with Crippen LogP contribution in [0.5, 0.6) is 0 Å². The van der Waals surface area contributed by atoms with E-state index in [9.17, 15) is 9.59 Å². The largest absolute Gasteiger partial charge is 0.480 e. The highest BCUT2D eigenvalue weighted by molar-refractivity contribution is 7.11. The molecule has 1 N–H and O–H groups in total. The molecule has 0 spiro atoms. The van der Waals surface area contributed by atoms with Gasteiger partial charge < -0.3 is 10.0 Å². The van der Waals surface area contributed by atoms with Gasteiger partial charge in [0.1, 0.15) is 6.04 Å². The van der Waals surface area contributed by atoms with Gasteiger partial charge in [-0.2, -0.15) is 0 Å². The topological polar surface area (TPSA) is 57.6 Å². The standard InChI is InChI=1S/C15H21NO3S/c1-10-6-9-13(20-10)4-3-5-14(17)16(12-7-8-12)11(2)15(18)19/h6,9,11-12H,3-5,7-8H2,1-2H3,(H,18,19). The van der Waals surface area contributed by atoms with E-state index in [4.69, 9.17) is 5.11 Å². The maximum Gasteiger partial charge on any atom is 0.326 e. The van der Waals surface area contributed by atoms with Crippen molar-refractivity contribution in [3.8, 4) is 0 Å². The maximum atomic E-state index is 12.2. The lowest BCUT2D eigenvalue weighted by molar-refractivity contribution is -0.150. The lowest BCUT2D eigenvalue weighted by atomic mass is 10.1. The molecular formula is C15H21NO3S. The fraction of sp³-hybridized carbons (Fsp3) is 0.600. The molecule has 20 heavy (non-hydrogen) atoms. The molecule has 0 bridgehead atoms. The second-order valence-electron chi connectivity index (χ2n) is 5.41. The third kappa shape index (κ3) is 3.82. The van der Waals surface area contributed by atoms with E-state index in [0.717, 1.165) is 25.7 Å². The van der Waals surface area contributed by atoms with Crippen LogP contribution in [-0.2, 0) is 16.0 Å². The van der Waals surface area contributed by atoms with Crippen LogP contribution in [0.2, 0.25) is 0 Å². The van der Waals surface area contributed by atoms with Gasteiger partial charge in [-0.15, -0.1) is 11.3 Å². The Labute approximate surface area is 123 Å². The molecule has 0 radical (unpaired) electrons. The van der Waals surface area contributed by atoms with Crippen LogP contribution >= 0.6 is 11.3 Å². The van der Waals surface area contributed by atoms with E-state index in [0.29, 0.717) is 6.42 Å². The van der Waals surface area contributed by atoms with Gasteiger partial charge in [0.15, 0.2) is 0 Å². The van der Waals surface area contributed by atoms with Crippen LogP contribution in [0.4, 0.5) is 0 Å². The van der Waals surface area contributed by atoms with Crippen molar-refractivity contribution in [3.63, 3.8) is 0 Å². The zero-order valence-electron chi connectivity index (χ0n) is 12.0. The van der Waals surface area contributed by atoms with Crippen LogP contribution in [0.1, 0.15) is 42.4 Å². The Kier molecular flexibility index (Phi) is 4.81. The summed E-state index contributed by atoms with van der Waals surface area (Å²) in [5.74, 6) is -0.935. The molecule has 1 saturated carbocycles. The molecular weight excluding hydrogens is 274 g/mol. The van der Waals surface area contributed by atoms with Crippen LogP contribution in [-0.4, -0.2) is 34.0 Å². The minimum absolute atomic E-state index is 0.0179. The van der Waals surface area contributed by atoms with Gasteiger partial charge in [0, 0.05) is 22.2 Å². The molecule has 1 aliphatic rings. The highest BCUT2D eigenvalue weighted by atomic mass is 32.1. The number of carboxylic acid groups (broad SMARTS) is 1. The van der Waals surface area contributed by atoms with Crippen LogP contribution in [0, 0.1) is 6.92 Å². The third-order valence-electron chi connectivity index (χ3n) is 3.61. The zero-order valence-corrected chi connectivity index (χ0v) is 12.8. The minimum atomic E-state index is -0.917. The highest BCUT2D eigenvalue weighted by Gasteiger charge is 2.37. The number of hydrogen-bond acceptors (Lipinski definition) is 3. The lowest BCUT2D eigenvalue weighted by Crippen LogP contribution is -2.44. The Morgan fingerprint density at radius 1 is 1.45 bits per heavy atom. The molecule has 1 amide bonds. The molecule has 2 rings (SSSR count). The number of carbonyl (C=O) groups is 2. The summed E-state index contributed by atoms with van der Waals surface area (Å²) in [7, 11) is 0. The molecule has 4 nitrogen and oxygen atoms in total. The summed E-state index contributed by atoms with van der Waals surface area (Å²) in [6.45, 7) is 3.67. The number of nitrogens with zero attached hydrogens (tertiary/aromatic N) is 1. The molecule has 1 aliphatic carbocycles. The second-order valence-corrected chi connectivity index (χ2v) is 6.78. The number of aryl methyl sites for hydroxylation is 2. The molecule has 1 aromatic heterocycles. The number of hydrogen-bond donors (Lipinski definition) is 1. The van der Waals surface area contributed by atoms with Gasteiger partial charge in [0.05, 0.1) is 0 Å². The van der Waals surface area contributed by atoms with E-state index in [2.05, 4.69) is 19.1 Å². The summed E-state index contributed by atoms with van der Waals surface area (Å²) in [6.07, 6.45) is 3.99. The van der Waals surface area contributed by atoms with Gasteiger partial charge >= 0.3 is 5.97 Å². The highest BCUT2D eigenvalue weighted by Crippen LogP contribution is 2.29. The van der Waals surface area contributed by atoms with E-state index < -0.39 is 12.0 Å². The Morgan fingerprint density at radius 3 is 2.65 bits per heavy atom. The first-order chi connectivity index (χ1) is 9.49. The fourth-order valence-corrected chi connectivity index (χ4v) is 3.30. The minimum Gasteiger partial charge on any atom is -0.480 e. The molecule has 0 saturated heterocycles. The Morgan fingerprint density at radius 2 is 2.15 bits per heavy atom. The molecule has 1 aromatic rings. The monoisotopic (exact) mass is 295 g/mol. The maximum absolute atomic E-state index is 12.2. The van der Waals surface area contributed by atoms with E-state index in [1.165, 1.54) is 9.75 Å². The van der Waals surface area contributed by atoms with Crippen molar-refractivity contribution in [2.75, 3.05) is 0 Å². The first kappa shape index (κ1) is 15.0. The van der Waals surface area contributed by atoms with Crippen LogP contribution < -0.4 is 0 Å². The van der Waals surface area contributed by atoms with Crippen molar-refractivity contribution in [1.29, 1.82) is 0 Å². The van der Waals surface area contributed by atoms with Gasteiger partial charge in [0.2, 0.25) is 5.91 Å². The molecule has 0 aromatic carbocycles. The fourth-order valence-electron chi connectivity index (χ4n) is 2.37. The number of aliphatic carboxylic acids is 1.